The first-order valence-corrected chi connectivity index (χ1v) is 7.48. The van der Waals surface area contributed by atoms with E-state index in [0.717, 1.165) is 31.2 Å². The topological polar surface area (TPSA) is 33.1 Å². The Kier molecular flexibility index (Phi) is 2.67. The molecule has 0 radical (unpaired) electrons. The monoisotopic (exact) mass is 265 g/mol. The highest BCUT2D eigenvalue weighted by Gasteiger charge is 2.51. The molecule has 2 aromatic rings. The summed E-state index contributed by atoms with van der Waals surface area (Å²) < 4.78 is 0. The summed E-state index contributed by atoms with van der Waals surface area (Å²) in [6.07, 6.45) is 7.83. The van der Waals surface area contributed by atoms with Crippen LogP contribution in [0.25, 0.3) is 0 Å². The van der Waals surface area contributed by atoms with E-state index in [4.69, 9.17) is 0 Å². The lowest BCUT2D eigenvalue weighted by molar-refractivity contribution is -0.0398. The number of hydrogen-bond donors (Lipinski definition) is 1. The van der Waals surface area contributed by atoms with Crippen LogP contribution in [0.3, 0.4) is 0 Å². The maximum atomic E-state index is 11.5. The number of aliphatic hydroxyl groups is 1. The summed E-state index contributed by atoms with van der Waals surface area (Å²) in [7, 11) is 0. The van der Waals surface area contributed by atoms with Crippen molar-refractivity contribution in [1.29, 1.82) is 0 Å². The van der Waals surface area contributed by atoms with Crippen molar-refractivity contribution in [1.82, 2.24) is 4.98 Å². The molecule has 1 heterocycles. The van der Waals surface area contributed by atoms with Crippen LogP contribution >= 0.6 is 0 Å². The third-order valence-corrected chi connectivity index (χ3v) is 5.28. The molecule has 1 saturated carbocycles. The minimum absolute atomic E-state index is 0.320. The van der Waals surface area contributed by atoms with Crippen LogP contribution in [0.15, 0.2) is 48.8 Å². The zero-order valence-electron chi connectivity index (χ0n) is 11.5. The third-order valence-electron chi connectivity index (χ3n) is 5.28. The largest absolute Gasteiger partial charge is 0.385 e. The number of rotatable bonds is 1. The van der Waals surface area contributed by atoms with Crippen LogP contribution in [0.4, 0.5) is 0 Å². The van der Waals surface area contributed by atoms with Crippen molar-refractivity contribution in [2.45, 2.75) is 31.3 Å². The molecule has 0 amide bonds. The summed E-state index contributed by atoms with van der Waals surface area (Å²) in [6, 6.07) is 12.6. The van der Waals surface area contributed by atoms with E-state index in [1.807, 2.05) is 18.3 Å². The second-order valence-corrected chi connectivity index (χ2v) is 6.22. The van der Waals surface area contributed by atoms with Crippen LogP contribution in [0.2, 0.25) is 0 Å². The fourth-order valence-corrected chi connectivity index (χ4v) is 4.25. The van der Waals surface area contributed by atoms with Gasteiger partial charge in [0.2, 0.25) is 0 Å². The molecule has 20 heavy (non-hydrogen) atoms. The molecule has 2 unspecified atom stereocenters. The highest BCUT2D eigenvalue weighted by atomic mass is 16.3. The normalized spacial score (nSPS) is 31.6. The molecule has 2 atom stereocenters. The second-order valence-electron chi connectivity index (χ2n) is 6.22. The number of pyridine rings is 1. The van der Waals surface area contributed by atoms with Crippen molar-refractivity contribution in [2.75, 3.05) is 0 Å². The summed E-state index contributed by atoms with van der Waals surface area (Å²) in [6.45, 7) is 0. The molecule has 0 aliphatic heterocycles. The molecular formula is C18H19NO. The van der Waals surface area contributed by atoms with Gasteiger partial charge in [0, 0.05) is 18.0 Å². The van der Waals surface area contributed by atoms with Gasteiger partial charge in [0.15, 0.2) is 0 Å². The lowest BCUT2D eigenvalue weighted by Gasteiger charge is -2.34. The van der Waals surface area contributed by atoms with E-state index < -0.39 is 5.60 Å². The summed E-state index contributed by atoms with van der Waals surface area (Å²) in [5, 5.41) is 11.5. The van der Waals surface area contributed by atoms with Crippen LogP contribution in [-0.2, 0) is 18.4 Å². The Balaban J connectivity index is 1.81. The highest BCUT2D eigenvalue weighted by Crippen LogP contribution is 2.52. The molecule has 2 nitrogen and oxygen atoms in total. The van der Waals surface area contributed by atoms with Crippen LogP contribution in [0.5, 0.6) is 0 Å². The number of fused-ring (bicyclic) bond motifs is 3. The van der Waals surface area contributed by atoms with Crippen molar-refractivity contribution >= 4 is 0 Å². The lowest BCUT2D eigenvalue weighted by Crippen LogP contribution is -2.37. The van der Waals surface area contributed by atoms with E-state index in [1.165, 1.54) is 11.1 Å². The van der Waals surface area contributed by atoms with Gasteiger partial charge in [-0.1, -0.05) is 30.3 Å². The Hall–Kier alpha value is -1.67. The Morgan fingerprint density at radius 2 is 1.60 bits per heavy atom. The van der Waals surface area contributed by atoms with Crippen LogP contribution in [0.1, 0.15) is 29.5 Å². The Bertz CT molecular complexity index is 589. The van der Waals surface area contributed by atoms with Gasteiger partial charge >= 0.3 is 0 Å². The Morgan fingerprint density at radius 3 is 2.15 bits per heavy atom. The lowest BCUT2D eigenvalue weighted by atomic mass is 9.77. The second kappa shape index (κ2) is 4.42. The van der Waals surface area contributed by atoms with Crippen molar-refractivity contribution in [3.05, 3.63) is 65.5 Å². The molecule has 2 bridgehead atoms. The SMILES string of the molecule is OC1(c2cccnc2)C2CCC1Cc1ccccc1C2. The molecule has 102 valence electrons. The summed E-state index contributed by atoms with van der Waals surface area (Å²) in [4.78, 5) is 4.22. The van der Waals surface area contributed by atoms with Gasteiger partial charge in [-0.2, -0.15) is 0 Å². The molecule has 0 spiro atoms. The fraction of sp³-hybridized carbons (Fsp3) is 0.389. The van der Waals surface area contributed by atoms with Gasteiger partial charge in [-0.3, -0.25) is 4.98 Å². The fourth-order valence-electron chi connectivity index (χ4n) is 4.25. The van der Waals surface area contributed by atoms with Gasteiger partial charge in [0.25, 0.3) is 0 Å². The zero-order chi connectivity index (χ0) is 13.6. The summed E-state index contributed by atoms with van der Waals surface area (Å²) >= 11 is 0. The predicted molar refractivity (Wildman–Crippen MR) is 78.2 cm³/mol. The molecule has 2 aliphatic carbocycles. The van der Waals surface area contributed by atoms with Gasteiger partial charge < -0.3 is 5.11 Å². The van der Waals surface area contributed by atoms with Gasteiger partial charge in [-0.05, 0) is 54.7 Å². The first-order chi connectivity index (χ1) is 9.78. The van der Waals surface area contributed by atoms with E-state index >= 15 is 0 Å². The summed E-state index contributed by atoms with van der Waals surface area (Å²) in [5.41, 5.74) is 3.14. The third kappa shape index (κ3) is 1.64. The molecule has 1 fully saturated rings. The van der Waals surface area contributed by atoms with Crippen molar-refractivity contribution in [3.63, 3.8) is 0 Å². The van der Waals surface area contributed by atoms with E-state index in [-0.39, 0.29) is 0 Å². The van der Waals surface area contributed by atoms with Crippen molar-refractivity contribution in [2.24, 2.45) is 11.8 Å². The molecule has 2 heteroatoms. The smallest absolute Gasteiger partial charge is 0.0973 e. The van der Waals surface area contributed by atoms with Crippen LogP contribution < -0.4 is 0 Å². The van der Waals surface area contributed by atoms with E-state index in [2.05, 4.69) is 29.2 Å². The Labute approximate surface area is 119 Å². The van der Waals surface area contributed by atoms with E-state index in [1.54, 1.807) is 6.20 Å². The predicted octanol–water partition coefficient (Wildman–Crippen LogP) is 3.09. The number of hydrogen-bond acceptors (Lipinski definition) is 2. The summed E-state index contributed by atoms with van der Waals surface area (Å²) in [5.74, 6) is 0.640. The molecule has 1 aromatic carbocycles. The van der Waals surface area contributed by atoms with Gasteiger partial charge in [0.05, 0.1) is 5.60 Å². The molecule has 1 N–H and O–H groups in total. The standard InChI is InChI=1S/C18H19NO/c20-18(17-6-3-9-19-12-17)15-7-8-16(18)11-14-5-2-1-4-13(14)10-15/h1-6,9,12,15-16,20H,7-8,10-11H2. The zero-order valence-corrected chi connectivity index (χ0v) is 11.5. The number of benzene rings is 1. The quantitative estimate of drug-likeness (QED) is 0.859. The molecule has 1 aromatic heterocycles. The first-order valence-electron chi connectivity index (χ1n) is 7.48. The minimum Gasteiger partial charge on any atom is -0.385 e. The highest BCUT2D eigenvalue weighted by molar-refractivity contribution is 5.34. The number of nitrogens with zero attached hydrogens (tertiary/aromatic N) is 1. The molecular weight excluding hydrogens is 246 g/mol. The molecule has 0 saturated heterocycles. The molecule has 2 aliphatic rings. The first kappa shape index (κ1) is 12.1. The van der Waals surface area contributed by atoms with Crippen LogP contribution in [0, 0.1) is 11.8 Å². The van der Waals surface area contributed by atoms with Gasteiger partial charge in [-0.25, -0.2) is 0 Å². The maximum Gasteiger partial charge on any atom is 0.0973 e. The minimum atomic E-state index is -0.701. The van der Waals surface area contributed by atoms with Crippen LogP contribution in [-0.4, -0.2) is 10.1 Å². The average molecular weight is 265 g/mol. The van der Waals surface area contributed by atoms with Crippen molar-refractivity contribution < 1.29 is 5.11 Å². The average Bonchev–Trinajstić information content (AvgIpc) is 2.72. The molecule has 4 rings (SSSR count). The van der Waals surface area contributed by atoms with E-state index in [9.17, 15) is 5.11 Å². The van der Waals surface area contributed by atoms with Crippen molar-refractivity contribution in [3.8, 4) is 0 Å². The Morgan fingerprint density at radius 1 is 0.950 bits per heavy atom. The maximum absolute atomic E-state index is 11.5. The van der Waals surface area contributed by atoms with E-state index in [0.29, 0.717) is 11.8 Å². The van der Waals surface area contributed by atoms with Gasteiger partial charge in [-0.15, -0.1) is 0 Å². The van der Waals surface area contributed by atoms with Gasteiger partial charge in [0.1, 0.15) is 0 Å². The number of aromatic nitrogens is 1.